The van der Waals surface area contributed by atoms with Crippen LogP contribution in [0, 0.1) is 18.7 Å². The van der Waals surface area contributed by atoms with Gasteiger partial charge in [-0.05, 0) is 72.7 Å². The number of carbonyl (C=O) groups excluding carboxylic acids is 1. The van der Waals surface area contributed by atoms with E-state index in [0.717, 1.165) is 29.5 Å². The lowest BCUT2D eigenvalue weighted by Crippen LogP contribution is -2.27. The van der Waals surface area contributed by atoms with Gasteiger partial charge in [0, 0.05) is 55.0 Å². The lowest BCUT2D eigenvalue weighted by atomic mass is 9.99. The summed E-state index contributed by atoms with van der Waals surface area (Å²) >= 11 is 0. The van der Waals surface area contributed by atoms with Crippen LogP contribution < -0.4 is 26.0 Å². The summed E-state index contributed by atoms with van der Waals surface area (Å²) in [7, 11) is 3.12. The number of nitrogens with zero attached hydrogens (tertiary/aromatic N) is 2. The van der Waals surface area contributed by atoms with Gasteiger partial charge in [-0.1, -0.05) is 42.0 Å². The molecule has 0 saturated carbocycles. The standard InChI is InChI=1S/C38H37FN4O5/c1-23-4-6-25(7-5-23)30-21-43(20-24-12-14-48-15-13-24)22-31(36(30)44)38(45)42-33-10-8-27(17-32(33)39)29-16-28(19-41-37(29)40)26-9-11-34(46-2)35(18-26)47-3/h4-11,16-19,21-22,24H,12-15,20H2,1-3H3,(H2,40,41)(H,42,45). The van der Waals surface area contributed by atoms with Gasteiger partial charge in [-0.3, -0.25) is 9.59 Å². The number of amides is 1. The first-order chi connectivity index (χ1) is 23.2. The zero-order valence-corrected chi connectivity index (χ0v) is 27.1. The highest BCUT2D eigenvalue weighted by Crippen LogP contribution is 2.35. The molecule has 1 aliphatic rings. The summed E-state index contributed by atoms with van der Waals surface area (Å²) < 4.78 is 33.8. The predicted octanol–water partition coefficient (Wildman–Crippen LogP) is 6.97. The minimum absolute atomic E-state index is 0.0672. The Bertz CT molecular complexity index is 2020. The SMILES string of the molecule is COc1ccc(-c2cnc(N)c(-c3ccc(NC(=O)c4cn(CC5CCOCC5)cc(-c5ccc(C)cc5)c4=O)c(F)c3)c2)cc1OC. The molecule has 1 fully saturated rings. The van der Waals surface area contributed by atoms with E-state index >= 15 is 4.39 Å². The fraction of sp³-hybridized carbons (Fsp3) is 0.237. The molecular formula is C38H37FN4O5. The van der Waals surface area contributed by atoms with Crippen molar-refractivity contribution in [2.75, 3.05) is 38.5 Å². The van der Waals surface area contributed by atoms with Crippen LogP contribution in [0.25, 0.3) is 33.4 Å². The Hall–Kier alpha value is -5.48. The number of aromatic nitrogens is 2. The number of nitrogens with one attached hydrogen (secondary N) is 1. The molecule has 0 bridgehead atoms. The van der Waals surface area contributed by atoms with Gasteiger partial charge in [-0.25, -0.2) is 9.37 Å². The van der Waals surface area contributed by atoms with Gasteiger partial charge in [0.1, 0.15) is 17.2 Å². The van der Waals surface area contributed by atoms with E-state index in [1.165, 1.54) is 12.1 Å². The van der Waals surface area contributed by atoms with Crippen molar-refractivity contribution in [2.24, 2.45) is 5.92 Å². The second kappa shape index (κ2) is 14.1. The number of rotatable bonds is 9. The number of carbonyl (C=O) groups is 1. The van der Waals surface area contributed by atoms with Crippen molar-refractivity contribution in [1.82, 2.24) is 9.55 Å². The molecule has 246 valence electrons. The second-order valence-electron chi connectivity index (χ2n) is 11.9. The number of methoxy groups -OCH3 is 2. The molecule has 0 aliphatic carbocycles. The Morgan fingerprint density at radius 2 is 1.62 bits per heavy atom. The molecule has 0 unspecified atom stereocenters. The monoisotopic (exact) mass is 648 g/mol. The molecular weight excluding hydrogens is 611 g/mol. The van der Waals surface area contributed by atoms with Gasteiger partial charge in [-0.15, -0.1) is 0 Å². The quantitative estimate of drug-likeness (QED) is 0.177. The van der Waals surface area contributed by atoms with Gasteiger partial charge < -0.3 is 29.8 Å². The van der Waals surface area contributed by atoms with Crippen molar-refractivity contribution in [3.8, 4) is 44.9 Å². The summed E-state index contributed by atoms with van der Waals surface area (Å²) in [6.07, 6.45) is 6.77. The molecule has 3 N–H and O–H groups in total. The van der Waals surface area contributed by atoms with E-state index in [9.17, 15) is 9.59 Å². The van der Waals surface area contributed by atoms with Crippen molar-refractivity contribution in [1.29, 1.82) is 0 Å². The van der Waals surface area contributed by atoms with Crippen molar-refractivity contribution < 1.29 is 23.4 Å². The van der Waals surface area contributed by atoms with Crippen LogP contribution in [-0.2, 0) is 11.3 Å². The van der Waals surface area contributed by atoms with Gasteiger partial charge in [-0.2, -0.15) is 0 Å². The molecule has 0 radical (unpaired) electrons. The molecule has 5 aromatic rings. The van der Waals surface area contributed by atoms with Crippen molar-refractivity contribution >= 4 is 17.4 Å². The molecule has 0 spiro atoms. The molecule has 1 aliphatic heterocycles. The number of aryl methyl sites for hydroxylation is 1. The summed E-state index contributed by atoms with van der Waals surface area (Å²) in [4.78, 5) is 31.6. The molecule has 9 nitrogen and oxygen atoms in total. The second-order valence-corrected chi connectivity index (χ2v) is 11.9. The van der Waals surface area contributed by atoms with Crippen LogP contribution in [0.5, 0.6) is 11.5 Å². The molecule has 2 aromatic heterocycles. The van der Waals surface area contributed by atoms with Crippen molar-refractivity contribution in [3.63, 3.8) is 0 Å². The lowest BCUT2D eigenvalue weighted by molar-refractivity contribution is 0.0612. The van der Waals surface area contributed by atoms with Gasteiger partial charge in [0.25, 0.3) is 5.91 Å². The number of halogens is 1. The number of pyridine rings is 2. The van der Waals surface area contributed by atoms with E-state index in [2.05, 4.69) is 10.3 Å². The number of nitrogens with two attached hydrogens (primary N) is 1. The van der Waals surface area contributed by atoms with Gasteiger partial charge >= 0.3 is 0 Å². The van der Waals surface area contributed by atoms with Crippen LogP contribution in [0.15, 0.2) is 90.1 Å². The molecule has 48 heavy (non-hydrogen) atoms. The Morgan fingerprint density at radius 1 is 0.917 bits per heavy atom. The summed E-state index contributed by atoms with van der Waals surface area (Å²) in [6.45, 7) is 3.96. The number of ether oxygens (including phenoxy) is 3. The average Bonchev–Trinajstić information content (AvgIpc) is 3.10. The Morgan fingerprint density at radius 3 is 2.33 bits per heavy atom. The Labute approximate surface area is 278 Å². The van der Waals surface area contributed by atoms with Gasteiger partial charge in [0.05, 0.1) is 19.9 Å². The van der Waals surface area contributed by atoms with Crippen LogP contribution in [0.4, 0.5) is 15.9 Å². The van der Waals surface area contributed by atoms with Gasteiger partial charge in [0.15, 0.2) is 11.5 Å². The molecule has 3 aromatic carbocycles. The maximum atomic E-state index is 15.6. The molecule has 1 saturated heterocycles. The van der Waals surface area contributed by atoms with E-state index in [0.29, 0.717) is 59.4 Å². The zero-order chi connectivity index (χ0) is 33.8. The fourth-order valence-electron chi connectivity index (χ4n) is 5.92. The van der Waals surface area contributed by atoms with Crippen LogP contribution >= 0.6 is 0 Å². The highest BCUT2D eigenvalue weighted by molar-refractivity contribution is 6.05. The predicted molar refractivity (Wildman–Crippen MR) is 185 cm³/mol. The largest absolute Gasteiger partial charge is 0.493 e. The third-order valence-electron chi connectivity index (χ3n) is 8.66. The third kappa shape index (κ3) is 6.94. The number of nitrogen functional groups attached to an aromatic ring is 1. The minimum Gasteiger partial charge on any atom is -0.493 e. The smallest absolute Gasteiger partial charge is 0.261 e. The number of benzene rings is 3. The van der Waals surface area contributed by atoms with Gasteiger partial charge in [0.2, 0.25) is 5.43 Å². The van der Waals surface area contributed by atoms with Crippen LogP contribution in [0.2, 0.25) is 0 Å². The Kier molecular flexibility index (Phi) is 9.54. The van der Waals surface area contributed by atoms with Crippen molar-refractivity contribution in [2.45, 2.75) is 26.3 Å². The molecule has 1 amide bonds. The van der Waals surface area contributed by atoms with E-state index in [4.69, 9.17) is 19.9 Å². The molecule has 3 heterocycles. The first-order valence-electron chi connectivity index (χ1n) is 15.7. The zero-order valence-electron chi connectivity index (χ0n) is 27.1. The van der Waals surface area contributed by atoms with E-state index in [-0.39, 0.29) is 17.1 Å². The Balaban J connectivity index is 1.29. The van der Waals surface area contributed by atoms with Crippen molar-refractivity contribution in [3.05, 3.63) is 112 Å². The van der Waals surface area contributed by atoms with E-state index < -0.39 is 17.2 Å². The maximum Gasteiger partial charge on any atom is 0.261 e. The van der Waals surface area contributed by atoms with Crippen LogP contribution in [-0.4, -0.2) is 42.9 Å². The number of hydrogen-bond donors (Lipinski definition) is 2. The third-order valence-corrected chi connectivity index (χ3v) is 8.66. The number of hydrogen-bond acceptors (Lipinski definition) is 7. The molecule has 0 atom stereocenters. The number of anilines is 2. The first-order valence-corrected chi connectivity index (χ1v) is 15.7. The minimum atomic E-state index is -0.696. The van der Waals surface area contributed by atoms with E-state index in [1.54, 1.807) is 44.9 Å². The first kappa shape index (κ1) is 32.5. The summed E-state index contributed by atoms with van der Waals surface area (Å²) in [5.41, 5.74) is 10.4. The highest BCUT2D eigenvalue weighted by Gasteiger charge is 2.21. The maximum absolute atomic E-state index is 15.6. The fourth-order valence-corrected chi connectivity index (χ4v) is 5.92. The highest BCUT2D eigenvalue weighted by atomic mass is 19.1. The van der Waals surface area contributed by atoms with E-state index in [1.807, 2.05) is 54.0 Å². The summed E-state index contributed by atoms with van der Waals surface area (Å²) in [5, 5.41) is 2.62. The molecule has 10 heteroatoms. The van der Waals surface area contributed by atoms with Crippen LogP contribution in [0.1, 0.15) is 28.8 Å². The summed E-state index contributed by atoms with van der Waals surface area (Å²) in [6, 6.07) is 19.3. The normalized spacial score (nSPS) is 13.2. The lowest BCUT2D eigenvalue weighted by Gasteiger charge is -2.23. The summed E-state index contributed by atoms with van der Waals surface area (Å²) in [5.74, 6) is 0.324. The molecule has 6 rings (SSSR count). The average molecular weight is 649 g/mol. The topological polar surface area (TPSA) is 118 Å². The van der Waals surface area contributed by atoms with Crippen LogP contribution in [0.3, 0.4) is 0 Å².